The molecule has 0 saturated carbocycles. The molecular weight excluding hydrogens is 276 g/mol. The van der Waals surface area contributed by atoms with Gasteiger partial charge in [0, 0.05) is 19.2 Å². The van der Waals surface area contributed by atoms with E-state index in [9.17, 15) is 9.59 Å². The minimum atomic E-state index is -0.236. The largest absolute Gasteiger partial charge is 0.378 e. The number of aromatic nitrogens is 1. The predicted molar refractivity (Wildman–Crippen MR) is 74.8 cm³/mol. The number of ether oxygens (including phenoxy) is 1. The van der Waals surface area contributed by atoms with Gasteiger partial charge in [-0.2, -0.15) is 0 Å². The maximum absolute atomic E-state index is 12.0. The number of likely N-dealkylation sites (N-methyl/N-ethyl adjacent to an activating group) is 1. The van der Waals surface area contributed by atoms with E-state index in [0.717, 1.165) is 0 Å². The number of hydrogen-bond acceptors (Lipinski definition) is 6. The lowest BCUT2D eigenvalue weighted by molar-refractivity contribution is -0.136. The zero-order valence-corrected chi connectivity index (χ0v) is 12.3. The molecule has 1 aliphatic rings. The fourth-order valence-electron chi connectivity index (χ4n) is 2.05. The van der Waals surface area contributed by atoms with E-state index in [1.165, 1.54) is 0 Å². The molecule has 1 fully saturated rings. The van der Waals surface area contributed by atoms with Gasteiger partial charge in [-0.25, -0.2) is 0 Å². The zero-order chi connectivity index (χ0) is 15.2. The summed E-state index contributed by atoms with van der Waals surface area (Å²) in [6, 6.07) is 1.64. The lowest BCUT2D eigenvalue weighted by atomic mass is 10.3. The molecule has 0 aromatic carbocycles. The van der Waals surface area contributed by atoms with Crippen LogP contribution < -0.4 is 5.32 Å². The Morgan fingerprint density at radius 1 is 1.38 bits per heavy atom. The number of hydrogen-bond donors (Lipinski definition) is 1. The molecule has 0 aliphatic carbocycles. The molecular formula is C13H20N4O4. The number of anilines is 1. The van der Waals surface area contributed by atoms with Crippen LogP contribution in [-0.2, 0) is 14.3 Å². The molecule has 0 unspecified atom stereocenters. The third-order valence-corrected chi connectivity index (χ3v) is 3.08. The monoisotopic (exact) mass is 296 g/mol. The van der Waals surface area contributed by atoms with Gasteiger partial charge in [0.25, 0.3) is 0 Å². The van der Waals surface area contributed by atoms with Crippen LogP contribution in [0.2, 0.25) is 0 Å². The van der Waals surface area contributed by atoms with Crippen molar-refractivity contribution < 1.29 is 18.8 Å². The molecule has 1 aromatic rings. The summed E-state index contributed by atoms with van der Waals surface area (Å²) in [6.07, 6.45) is 0. The molecule has 0 atom stereocenters. The first kappa shape index (κ1) is 15.5. The van der Waals surface area contributed by atoms with Crippen LogP contribution >= 0.6 is 0 Å². The van der Waals surface area contributed by atoms with E-state index in [-0.39, 0.29) is 24.9 Å². The van der Waals surface area contributed by atoms with Gasteiger partial charge in [0.2, 0.25) is 11.8 Å². The van der Waals surface area contributed by atoms with E-state index in [0.29, 0.717) is 37.9 Å². The predicted octanol–water partition coefficient (Wildman–Crippen LogP) is -0.288. The maximum Gasteiger partial charge on any atom is 0.239 e. The van der Waals surface area contributed by atoms with Crippen molar-refractivity contribution in [2.24, 2.45) is 0 Å². The number of amides is 2. The second-order valence-electron chi connectivity index (χ2n) is 5.04. The van der Waals surface area contributed by atoms with Gasteiger partial charge in [-0.1, -0.05) is 5.16 Å². The fourth-order valence-corrected chi connectivity index (χ4v) is 2.05. The molecule has 1 saturated heterocycles. The highest BCUT2D eigenvalue weighted by Crippen LogP contribution is 2.06. The van der Waals surface area contributed by atoms with Crippen LogP contribution in [0.1, 0.15) is 5.76 Å². The number of carbonyl (C=O) groups is 2. The molecule has 1 N–H and O–H groups in total. The summed E-state index contributed by atoms with van der Waals surface area (Å²) in [5.74, 6) is 0.776. The molecule has 21 heavy (non-hydrogen) atoms. The van der Waals surface area contributed by atoms with Crippen LogP contribution in [0.3, 0.4) is 0 Å². The summed E-state index contributed by atoms with van der Waals surface area (Å²) >= 11 is 0. The molecule has 8 nitrogen and oxygen atoms in total. The lowest BCUT2D eigenvalue weighted by Gasteiger charge is -2.28. The van der Waals surface area contributed by atoms with E-state index in [1.54, 1.807) is 29.8 Å². The van der Waals surface area contributed by atoms with Gasteiger partial charge in [-0.15, -0.1) is 0 Å². The molecule has 0 bridgehead atoms. The van der Waals surface area contributed by atoms with Gasteiger partial charge < -0.3 is 19.5 Å². The molecule has 116 valence electrons. The number of nitrogens with one attached hydrogen (secondary N) is 1. The first-order chi connectivity index (χ1) is 10.0. The molecule has 8 heteroatoms. The first-order valence-electron chi connectivity index (χ1n) is 6.82. The average molecular weight is 296 g/mol. The topological polar surface area (TPSA) is 87.9 Å². The Balaban J connectivity index is 1.74. The summed E-state index contributed by atoms with van der Waals surface area (Å²) in [5.41, 5.74) is 0. The molecule has 2 amide bonds. The minimum absolute atomic E-state index is 0.00544. The van der Waals surface area contributed by atoms with E-state index in [2.05, 4.69) is 10.5 Å². The van der Waals surface area contributed by atoms with Crippen molar-refractivity contribution in [3.63, 3.8) is 0 Å². The Morgan fingerprint density at radius 2 is 2.10 bits per heavy atom. The summed E-state index contributed by atoms with van der Waals surface area (Å²) < 4.78 is 10.1. The highest BCUT2D eigenvalue weighted by atomic mass is 16.5. The van der Waals surface area contributed by atoms with Crippen molar-refractivity contribution in [2.45, 2.75) is 6.92 Å². The zero-order valence-electron chi connectivity index (χ0n) is 12.3. The van der Waals surface area contributed by atoms with Gasteiger partial charge in [0.15, 0.2) is 5.82 Å². The van der Waals surface area contributed by atoms with Crippen LogP contribution in [0.25, 0.3) is 0 Å². The van der Waals surface area contributed by atoms with Crippen molar-refractivity contribution in [2.75, 3.05) is 51.8 Å². The van der Waals surface area contributed by atoms with Crippen molar-refractivity contribution in [3.8, 4) is 0 Å². The van der Waals surface area contributed by atoms with Crippen molar-refractivity contribution >= 4 is 17.6 Å². The number of rotatable bonds is 5. The molecule has 1 aromatic heterocycles. The Morgan fingerprint density at radius 3 is 2.71 bits per heavy atom. The van der Waals surface area contributed by atoms with Gasteiger partial charge >= 0.3 is 0 Å². The van der Waals surface area contributed by atoms with Crippen LogP contribution in [0.15, 0.2) is 10.6 Å². The highest BCUT2D eigenvalue weighted by Gasteiger charge is 2.19. The lowest BCUT2D eigenvalue weighted by Crippen LogP contribution is -2.46. The second kappa shape index (κ2) is 7.19. The molecule has 2 heterocycles. The smallest absolute Gasteiger partial charge is 0.239 e. The molecule has 2 rings (SSSR count). The van der Waals surface area contributed by atoms with Crippen molar-refractivity contribution in [3.05, 3.63) is 11.8 Å². The first-order valence-corrected chi connectivity index (χ1v) is 6.82. The number of nitrogens with zero attached hydrogens (tertiary/aromatic N) is 3. The Bertz CT molecular complexity index is 496. The van der Waals surface area contributed by atoms with E-state index in [4.69, 9.17) is 9.26 Å². The molecule has 0 radical (unpaired) electrons. The number of morpholine rings is 1. The fraction of sp³-hybridized carbons (Fsp3) is 0.615. The van der Waals surface area contributed by atoms with Crippen LogP contribution in [0.4, 0.5) is 5.82 Å². The summed E-state index contributed by atoms with van der Waals surface area (Å²) in [6.45, 7) is 4.42. The van der Waals surface area contributed by atoms with Crippen LogP contribution in [0.5, 0.6) is 0 Å². The Labute approximate surface area is 123 Å². The molecule has 0 spiro atoms. The van der Waals surface area contributed by atoms with E-state index < -0.39 is 0 Å². The number of carbonyl (C=O) groups excluding carboxylic acids is 2. The number of aryl methyl sites for hydroxylation is 1. The SMILES string of the molecule is Cc1cc(NC(=O)CN(C)CC(=O)N2CCOCC2)no1. The van der Waals surface area contributed by atoms with E-state index >= 15 is 0 Å². The third-order valence-electron chi connectivity index (χ3n) is 3.08. The van der Waals surface area contributed by atoms with Crippen molar-refractivity contribution in [1.29, 1.82) is 0 Å². The minimum Gasteiger partial charge on any atom is -0.378 e. The summed E-state index contributed by atoms with van der Waals surface area (Å²) in [7, 11) is 1.73. The van der Waals surface area contributed by atoms with Crippen LogP contribution in [0, 0.1) is 6.92 Å². The van der Waals surface area contributed by atoms with Gasteiger partial charge in [0.1, 0.15) is 5.76 Å². The van der Waals surface area contributed by atoms with Crippen molar-refractivity contribution in [1.82, 2.24) is 15.0 Å². The highest BCUT2D eigenvalue weighted by molar-refractivity contribution is 5.91. The van der Waals surface area contributed by atoms with Crippen LogP contribution in [-0.4, -0.2) is 73.2 Å². The summed E-state index contributed by atoms with van der Waals surface area (Å²) in [4.78, 5) is 27.2. The quantitative estimate of drug-likeness (QED) is 0.803. The van der Waals surface area contributed by atoms with Gasteiger partial charge in [-0.05, 0) is 14.0 Å². The van der Waals surface area contributed by atoms with Gasteiger partial charge in [-0.3, -0.25) is 14.5 Å². The van der Waals surface area contributed by atoms with Gasteiger partial charge in [0.05, 0.1) is 26.3 Å². The standard InChI is InChI=1S/C13H20N4O4/c1-10-7-11(15-21-10)14-12(18)8-16(2)9-13(19)17-3-5-20-6-4-17/h7H,3-6,8-9H2,1-2H3,(H,14,15,18). The maximum atomic E-state index is 12.0. The van der Waals surface area contributed by atoms with E-state index in [1.807, 2.05) is 0 Å². The molecule has 1 aliphatic heterocycles. The Kier molecular flexibility index (Phi) is 5.29. The normalized spacial score (nSPS) is 15.3. The Hall–Kier alpha value is -1.93. The average Bonchev–Trinajstić information content (AvgIpc) is 2.84. The summed E-state index contributed by atoms with van der Waals surface area (Å²) in [5, 5.41) is 6.30. The third kappa shape index (κ3) is 4.83. The second-order valence-corrected chi connectivity index (χ2v) is 5.04.